The van der Waals surface area contributed by atoms with E-state index in [1.54, 1.807) is 0 Å². The number of hydrogen-bond donors (Lipinski definition) is 0. The molecule has 2 aromatic carbocycles. The van der Waals surface area contributed by atoms with Gasteiger partial charge in [-0.15, -0.1) is 0 Å². The minimum atomic E-state index is 0. The largest absolute Gasteiger partial charge is 1.00 e. The van der Waals surface area contributed by atoms with E-state index in [0.717, 1.165) is 34.2 Å². The van der Waals surface area contributed by atoms with Gasteiger partial charge in [0, 0.05) is 5.56 Å². The van der Waals surface area contributed by atoms with E-state index in [4.69, 9.17) is 4.74 Å². The predicted octanol–water partition coefficient (Wildman–Crippen LogP) is 2.05. The smallest absolute Gasteiger partial charge is 1.00 e. The van der Waals surface area contributed by atoms with Crippen molar-refractivity contribution in [2.24, 2.45) is 0 Å². The number of hydrogen-bond acceptors (Lipinski definition) is 2. The summed E-state index contributed by atoms with van der Waals surface area (Å²) >= 11 is 0. The van der Waals surface area contributed by atoms with E-state index in [1.807, 2.05) is 38.1 Å². The van der Waals surface area contributed by atoms with Crippen LogP contribution in [0.5, 0.6) is 5.75 Å². The van der Waals surface area contributed by atoms with Gasteiger partial charge in [-0.1, -0.05) is 36.8 Å². The number of aryl methyl sites for hydroxylation is 3. The van der Waals surface area contributed by atoms with Crippen LogP contribution in [0.25, 0.3) is 0 Å². The van der Waals surface area contributed by atoms with Crippen LogP contribution in [0.1, 0.15) is 48.7 Å². The molecule has 2 nitrogen and oxygen atoms in total. The molecule has 0 heterocycles. The molecule has 0 bridgehead atoms. The Morgan fingerprint density at radius 3 is 2.17 bits per heavy atom. The summed E-state index contributed by atoms with van der Waals surface area (Å²) in [5, 5.41) is 1.05. The molecule has 0 fully saturated rings. The van der Waals surface area contributed by atoms with E-state index in [-0.39, 0.29) is 40.5 Å². The fourth-order valence-electron chi connectivity index (χ4n) is 2.66. The summed E-state index contributed by atoms with van der Waals surface area (Å²) in [5.74, 6) is 0.864. The molecule has 0 saturated carbocycles. The Balaban J connectivity index is 0.00000288. The third-order valence-corrected chi connectivity index (χ3v) is 5.03. The van der Waals surface area contributed by atoms with Crippen molar-refractivity contribution in [2.75, 3.05) is 0 Å². The van der Waals surface area contributed by atoms with Crippen molar-refractivity contribution in [3.05, 3.63) is 58.7 Å². The van der Waals surface area contributed by atoms with Crippen LogP contribution in [0.2, 0.25) is 0 Å². The van der Waals surface area contributed by atoms with Gasteiger partial charge in [0.2, 0.25) is 0 Å². The Kier molecular flexibility index (Phi) is 8.24. The Labute approximate surface area is 160 Å². The number of benzene rings is 2. The SMILES string of the molecule is CCC(C)Oc1ccc(PC(=O)c2c(C)cc(C)cc2C)cc1.[H-].[Li+]. The monoisotopic (exact) mass is 336 g/mol. The second-order valence-electron chi connectivity index (χ2n) is 6.09. The maximum atomic E-state index is 12.7. The normalized spacial score (nSPS) is 12.0. The van der Waals surface area contributed by atoms with E-state index >= 15 is 0 Å². The van der Waals surface area contributed by atoms with Crippen molar-refractivity contribution < 1.29 is 29.8 Å². The second-order valence-corrected chi connectivity index (χ2v) is 7.37. The molecule has 2 atom stereocenters. The Morgan fingerprint density at radius 2 is 1.67 bits per heavy atom. The first kappa shape index (κ1) is 21.0. The summed E-state index contributed by atoms with van der Waals surface area (Å²) in [7, 11) is 0.143. The van der Waals surface area contributed by atoms with Gasteiger partial charge in [-0.3, -0.25) is 4.79 Å². The standard InChI is InChI=1S/C20H25O2P.Li.H/c1-6-16(5)22-17-7-9-18(10-8-17)23-20(21)19-14(3)11-13(2)12-15(19)4;;/h7-12,16,23H,6H2,1-5H3;;/q;+1;-1. The van der Waals surface area contributed by atoms with Crippen molar-refractivity contribution >= 4 is 19.4 Å². The molecule has 0 aliphatic rings. The third-order valence-electron chi connectivity index (χ3n) is 3.93. The quantitative estimate of drug-likeness (QED) is 0.596. The summed E-state index contributed by atoms with van der Waals surface area (Å²) in [6.45, 7) is 10.3. The summed E-state index contributed by atoms with van der Waals surface area (Å²) in [6, 6.07) is 12.1. The third kappa shape index (κ3) is 5.49. The molecule has 2 unspecified atom stereocenters. The molecule has 2 rings (SSSR count). The van der Waals surface area contributed by atoms with E-state index in [9.17, 15) is 4.79 Å². The molecule has 0 saturated heterocycles. The fourth-order valence-corrected chi connectivity index (χ4v) is 3.78. The van der Waals surface area contributed by atoms with Gasteiger partial charge in [-0.25, -0.2) is 0 Å². The zero-order valence-electron chi connectivity index (χ0n) is 16.6. The van der Waals surface area contributed by atoms with E-state index in [1.165, 1.54) is 5.56 Å². The van der Waals surface area contributed by atoms with Crippen molar-refractivity contribution in [1.82, 2.24) is 0 Å². The molecule has 0 N–H and O–H groups in total. The number of carbonyl (C=O) groups excluding carboxylic acids is 1. The van der Waals surface area contributed by atoms with E-state index in [2.05, 4.69) is 32.9 Å². The van der Waals surface area contributed by atoms with Gasteiger partial charge in [0.05, 0.1) is 6.10 Å². The van der Waals surface area contributed by atoms with Crippen LogP contribution in [0.15, 0.2) is 36.4 Å². The topological polar surface area (TPSA) is 26.3 Å². The maximum absolute atomic E-state index is 12.7. The molecule has 24 heavy (non-hydrogen) atoms. The van der Waals surface area contributed by atoms with Crippen LogP contribution >= 0.6 is 8.58 Å². The average Bonchev–Trinajstić information content (AvgIpc) is 2.48. The van der Waals surface area contributed by atoms with Crippen molar-refractivity contribution in [1.29, 1.82) is 0 Å². The van der Waals surface area contributed by atoms with Crippen LogP contribution in [0.3, 0.4) is 0 Å². The summed E-state index contributed by atoms with van der Waals surface area (Å²) in [6.07, 6.45) is 1.19. The van der Waals surface area contributed by atoms with Gasteiger partial charge < -0.3 is 6.16 Å². The van der Waals surface area contributed by atoms with E-state index < -0.39 is 0 Å². The molecule has 0 spiro atoms. The summed E-state index contributed by atoms with van der Waals surface area (Å²) < 4.78 is 5.78. The maximum Gasteiger partial charge on any atom is 1.00 e. The van der Waals surface area contributed by atoms with Crippen LogP contribution < -0.4 is 28.9 Å². The van der Waals surface area contributed by atoms with Crippen LogP contribution in [-0.2, 0) is 0 Å². The van der Waals surface area contributed by atoms with Gasteiger partial charge in [0.1, 0.15) is 5.75 Å². The predicted molar refractivity (Wildman–Crippen MR) is 101 cm³/mol. The molecule has 0 aliphatic carbocycles. The Bertz CT molecular complexity index is 678. The molecule has 2 aromatic rings. The second kappa shape index (κ2) is 9.43. The van der Waals surface area contributed by atoms with Crippen LogP contribution in [0.4, 0.5) is 0 Å². The Morgan fingerprint density at radius 1 is 1.12 bits per heavy atom. The minimum Gasteiger partial charge on any atom is -1.00 e. The number of rotatable bonds is 6. The molecular formula is C20H26LiO2P. The van der Waals surface area contributed by atoms with Gasteiger partial charge in [0.25, 0.3) is 0 Å². The minimum absolute atomic E-state index is 0. The molecule has 0 aromatic heterocycles. The first-order valence-electron chi connectivity index (χ1n) is 8.06. The number of carbonyl (C=O) groups is 1. The molecule has 0 amide bonds. The van der Waals surface area contributed by atoms with Crippen LogP contribution in [0, 0.1) is 20.8 Å². The summed E-state index contributed by atoms with van der Waals surface area (Å²) in [4.78, 5) is 12.7. The molecule has 0 aliphatic heterocycles. The fraction of sp³-hybridized carbons (Fsp3) is 0.350. The van der Waals surface area contributed by atoms with Crippen LogP contribution in [-0.4, -0.2) is 11.6 Å². The van der Waals surface area contributed by atoms with Gasteiger partial charge >= 0.3 is 18.9 Å². The van der Waals surface area contributed by atoms with Gasteiger partial charge in [-0.05, 0) is 71.3 Å². The zero-order valence-corrected chi connectivity index (χ0v) is 16.6. The van der Waals surface area contributed by atoms with E-state index in [0.29, 0.717) is 0 Å². The van der Waals surface area contributed by atoms with Crippen molar-refractivity contribution in [3.63, 3.8) is 0 Å². The van der Waals surface area contributed by atoms with Gasteiger partial charge in [0.15, 0.2) is 5.52 Å². The van der Waals surface area contributed by atoms with Crippen molar-refractivity contribution in [2.45, 2.75) is 47.1 Å². The number of ether oxygens (including phenoxy) is 1. The Hall–Kier alpha value is -1.06. The van der Waals surface area contributed by atoms with Gasteiger partial charge in [-0.2, -0.15) is 0 Å². The molecule has 0 radical (unpaired) electrons. The zero-order chi connectivity index (χ0) is 17.0. The average molecular weight is 336 g/mol. The molecule has 124 valence electrons. The first-order valence-corrected chi connectivity index (χ1v) is 9.06. The first-order chi connectivity index (χ1) is 10.9. The molecule has 4 heteroatoms. The molecular weight excluding hydrogens is 310 g/mol. The summed E-state index contributed by atoms with van der Waals surface area (Å²) in [5.41, 5.74) is 4.41. The van der Waals surface area contributed by atoms with Crippen molar-refractivity contribution in [3.8, 4) is 5.75 Å².